The highest BCUT2D eigenvalue weighted by Gasteiger charge is 2.23. The van der Waals surface area contributed by atoms with Gasteiger partial charge in [0.05, 0.1) is 19.8 Å². The lowest BCUT2D eigenvalue weighted by molar-refractivity contribution is 0.104. The summed E-state index contributed by atoms with van der Waals surface area (Å²) >= 11 is 1.54. The number of piperidine rings is 1. The Labute approximate surface area is 239 Å². The molecule has 0 radical (unpaired) electrons. The number of likely N-dealkylation sites (tertiary alicyclic amines) is 1. The normalized spacial score (nSPS) is 13.4. The second-order valence-electron chi connectivity index (χ2n) is 9.30. The lowest BCUT2D eigenvalue weighted by atomic mass is 9.96. The first kappa shape index (κ1) is 28.4. The van der Waals surface area contributed by atoms with E-state index in [9.17, 15) is 10.1 Å². The Kier molecular flexibility index (Phi) is 9.47. The zero-order valence-corrected chi connectivity index (χ0v) is 23.7. The third kappa shape index (κ3) is 6.20. The van der Waals surface area contributed by atoms with Crippen LogP contribution in [0.25, 0.3) is 20.5 Å². The van der Waals surface area contributed by atoms with Crippen molar-refractivity contribution in [2.75, 3.05) is 40.5 Å². The molecule has 1 fully saturated rings. The summed E-state index contributed by atoms with van der Waals surface area (Å²) in [6, 6.07) is 20.8. The van der Waals surface area contributed by atoms with Crippen LogP contribution in [-0.2, 0) is 0 Å². The van der Waals surface area contributed by atoms with Crippen molar-refractivity contribution in [2.24, 2.45) is 0 Å². The Hall–Kier alpha value is -3.57. The molecule has 0 unspecified atom stereocenters. The maximum Gasteiger partial charge on any atom is 0.195 e. The summed E-state index contributed by atoms with van der Waals surface area (Å²) in [6.07, 6.45) is 3.74. The summed E-state index contributed by atoms with van der Waals surface area (Å²) in [7, 11) is 3.26. The van der Waals surface area contributed by atoms with Crippen LogP contribution in [0.5, 0.6) is 17.2 Å². The fourth-order valence-electron chi connectivity index (χ4n) is 4.87. The number of fused-ring (bicyclic) bond motifs is 1. The molecule has 0 amide bonds. The molecule has 0 bridgehead atoms. The molecule has 0 N–H and O–H groups in total. The van der Waals surface area contributed by atoms with Crippen LogP contribution in [-0.4, -0.2) is 51.1 Å². The highest BCUT2D eigenvalue weighted by atomic mass is 35.5. The number of ether oxygens (including phenoxy) is 3. The summed E-state index contributed by atoms with van der Waals surface area (Å²) in [5.41, 5.74) is 2.35. The summed E-state index contributed by atoms with van der Waals surface area (Å²) in [4.78, 5) is 17.2. The minimum absolute atomic E-state index is 0. The molecule has 0 spiro atoms. The average molecular weight is 563 g/mol. The number of carbonyl (C=O) groups is 1. The summed E-state index contributed by atoms with van der Waals surface area (Å²) < 4.78 is 17.7. The number of benzene rings is 3. The van der Waals surface area contributed by atoms with E-state index in [1.54, 1.807) is 43.8 Å². The highest BCUT2D eigenvalue weighted by molar-refractivity contribution is 7.22. The maximum atomic E-state index is 14.0. The van der Waals surface area contributed by atoms with E-state index in [1.807, 2.05) is 42.5 Å². The fraction of sp³-hybridized carbons (Fsp3) is 0.290. The number of nitrogens with zero attached hydrogens (tertiary/aromatic N) is 2. The number of methoxy groups -OCH3 is 2. The van der Waals surface area contributed by atoms with Crippen LogP contribution in [0.4, 0.5) is 0 Å². The fourth-order valence-corrected chi connectivity index (χ4v) is 6.11. The van der Waals surface area contributed by atoms with Crippen LogP contribution in [0, 0.1) is 11.3 Å². The first-order chi connectivity index (χ1) is 18.6. The van der Waals surface area contributed by atoms with E-state index in [1.165, 1.54) is 19.3 Å². The van der Waals surface area contributed by atoms with Gasteiger partial charge < -0.3 is 14.2 Å². The smallest absolute Gasteiger partial charge is 0.195 e. The van der Waals surface area contributed by atoms with Crippen LogP contribution < -0.4 is 14.2 Å². The monoisotopic (exact) mass is 562 g/mol. The number of hydrogen-bond donors (Lipinski definition) is 0. The Morgan fingerprint density at radius 3 is 2.36 bits per heavy atom. The molecule has 1 saturated heterocycles. The summed E-state index contributed by atoms with van der Waals surface area (Å²) in [5.74, 6) is 1.86. The molecule has 1 aromatic heterocycles. The number of thiophene rings is 1. The maximum absolute atomic E-state index is 14.0. The van der Waals surface area contributed by atoms with Gasteiger partial charge in [-0.15, -0.1) is 23.7 Å². The average Bonchev–Trinajstić information content (AvgIpc) is 3.36. The minimum Gasteiger partial charge on any atom is -0.497 e. The number of carbonyl (C=O) groups excluding carboxylic acids is 1. The van der Waals surface area contributed by atoms with Crippen molar-refractivity contribution in [3.63, 3.8) is 0 Å². The lowest BCUT2D eigenvalue weighted by Crippen LogP contribution is -2.33. The molecule has 1 aliphatic rings. The number of rotatable bonds is 9. The van der Waals surface area contributed by atoms with Crippen molar-refractivity contribution in [2.45, 2.75) is 19.3 Å². The minimum atomic E-state index is -0.136. The lowest BCUT2D eigenvalue weighted by Gasteiger charge is -2.26. The van der Waals surface area contributed by atoms with Gasteiger partial charge in [0.15, 0.2) is 5.78 Å². The Morgan fingerprint density at radius 1 is 0.949 bits per heavy atom. The third-order valence-corrected chi connectivity index (χ3v) is 8.15. The molecule has 4 aromatic rings. The molecule has 202 valence electrons. The zero-order valence-electron chi connectivity index (χ0n) is 22.1. The van der Waals surface area contributed by atoms with Crippen molar-refractivity contribution >= 4 is 39.6 Å². The Bertz CT molecular complexity index is 1490. The van der Waals surface area contributed by atoms with Crippen LogP contribution in [0.3, 0.4) is 0 Å². The molecule has 2 heterocycles. The first-order valence-electron chi connectivity index (χ1n) is 12.8. The standard InChI is InChI=1S/C31H30N2O4S.ClH/c1-35-24-9-6-21(7-10-24)31-29(26-12-11-25(36-2)19-28(26)38-31)30(34)22-8-13-27(23(18-22)20-32)37-17-16-33-14-4-3-5-15-33;/h6-13,18-19H,3-5,14-17H2,1-2H3;1H. The van der Waals surface area contributed by atoms with E-state index < -0.39 is 0 Å². The van der Waals surface area contributed by atoms with Crippen molar-refractivity contribution in [3.8, 4) is 33.8 Å². The number of ketones is 1. The van der Waals surface area contributed by atoms with Gasteiger partial charge >= 0.3 is 0 Å². The van der Waals surface area contributed by atoms with Crippen molar-refractivity contribution in [3.05, 3.63) is 77.4 Å². The van der Waals surface area contributed by atoms with Gasteiger partial charge in [0.2, 0.25) is 0 Å². The molecular formula is C31H31ClN2O4S. The Balaban J connectivity index is 0.00000353. The molecule has 5 rings (SSSR count). The Morgan fingerprint density at radius 2 is 1.67 bits per heavy atom. The quantitative estimate of drug-likeness (QED) is 0.205. The van der Waals surface area contributed by atoms with Crippen LogP contribution >= 0.6 is 23.7 Å². The van der Waals surface area contributed by atoms with E-state index in [0.29, 0.717) is 29.0 Å². The summed E-state index contributed by atoms with van der Waals surface area (Å²) in [6.45, 7) is 3.54. The molecule has 39 heavy (non-hydrogen) atoms. The van der Waals surface area contributed by atoms with E-state index in [2.05, 4.69) is 11.0 Å². The predicted octanol–water partition coefficient (Wildman–Crippen LogP) is 6.97. The largest absolute Gasteiger partial charge is 0.497 e. The molecule has 0 atom stereocenters. The predicted molar refractivity (Wildman–Crippen MR) is 158 cm³/mol. The second-order valence-corrected chi connectivity index (χ2v) is 10.4. The van der Waals surface area contributed by atoms with Gasteiger partial charge in [0.1, 0.15) is 29.9 Å². The second kappa shape index (κ2) is 13.0. The number of nitriles is 1. The van der Waals surface area contributed by atoms with Gasteiger partial charge in [-0.3, -0.25) is 9.69 Å². The van der Waals surface area contributed by atoms with Crippen LogP contribution in [0.2, 0.25) is 0 Å². The molecule has 0 saturated carbocycles. The van der Waals surface area contributed by atoms with E-state index in [-0.39, 0.29) is 18.2 Å². The van der Waals surface area contributed by atoms with Gasteiger partial charge in [-0.05, 0) is 92.2 Å². The van der Waals surface area contributed by atoms with Crippen LogP contribution in [0.1, 0.15) is 40.7 Å². The van der Waals surface area contributed by atoms with E-state index in [4.69, 9.17) is 14.2 Å². The molecule has 0 aliphatic carbocycles. The van der Waals surface area contributed by atoms with Crippen molar-refractivity contribution in [1.82, 2.24) is 4.90 Å². The van der Waals surface area contributed by atoms with Crippen LogP contribution in [0.15, 0.2) is 60.7 Å². The molecule has 1 aliphatic heterocycles. The SMILES string of the molecule is COc1ccc(-c2sc3cc(OC)ccc3c2C(=O)c2ccc(OCCN3CCCCC3)c(C#N)c2)cc1.Cl. The number of halogens is 1. The van der Waals surface area contributed by atoms with Gasteiger partial charge in [0.25, 0.3) is 0 Å². The third-order valence-electron chi connectivity index (χ3n) is 6.95. The number of hydrogen-bond acceptors (Lipinski definition) is 7. The molecule has 8 heteroatoms. The van der Waals surface area contributed by atoms with E-state index in [0.717, 1.165) is 51.7 Å². The van der Waals surface area contributed by atoms with Crippen molar-refractivity contribution in [1.29, 1.82) is 5.26 Å². The molecule has 3 aromatic carbocycles. The molecular weight excluding hydrogens is 532 g/mol. The topological polar surface area (TPSA) is 71.8 Å². The van der Waals surface area contributed by atoms with Gasteiger partial charge in [0, 0.05) is 32.6 Å². The zero-order chi connectivity index (χ0) is 26.5. The first-order valence-corrected chi connectivity index (χ1v) is 13.6. The summed E-state index contributed by atoms with van der Waals surface area (Å²) in [5, 5.41) is 10.7. The molecule has 6 nitrogen and oxygen atoms in total. The van der Waals surface area contributed by atoms with Gasteiger partial charge in [-0.2, -0.15) is 5.26 Å². The van der Waals surface area contributed by atoms with Gasteiger partial charge in [-0.25, -0.2) is 0 Å². The van der Waals surface area contributed by atoms with E-state index >= 15 is 0 Å². The highest BCUT2D eigenvalue weighted by Crippen LogP contribution is 2.42. The van der Waals surface area contributed by atoms with Gasteiger partial charge in [-0.1, -0.05) is 6.42 Å². The van der Waals surface area contributed by atoms with Crippen molar-refractivity contribution < 1.29 is 19.0 Å².